The summed E-state index contributed by atoms with van der Waals surface area (Å²) in [6, 6.07) is 6.61. The lowest BCUT2D eigenvalue weighted by Crippen LogP contribution is -2.46. The predicted octanol–water partition coefficient (Wildman–Crippen LogP) is 3.08. The second kappa shape index (κ2) is 5.94. The van der Waals surface area contributed by atoms with Crippen molar-refractivity contribution in [2.75, 3.05) is 31.1 Å². The van der Waals surface area contributed by atoms with E-state index in [2.05, 4.69) is 52.2 Å². The molecular formula is C16H21N3S. The van der Waals surface area contributed by atoms with Crippen molar-refractivity contribution in [2.45, 2.75) is 20.4 Å². The number of rotatable bonds is 3. The fourth-order valence-corrected chi connectivity index (χ4v) is 3.32. The molecule has 0 radical (unpaired) electrons. The topological polar surface area (TPSA) is 19.4 Å². The van der Waals surface area contributed by atoms with Crippen LogP contribution < -0.4 is 4.90 Å². The fourth-order valence-electron chi connectivity index (χ4n) is 2.77. The van der Waals surface area contributed by atoms with Crippen molar-refractivity contribution in [1.82, 2.24) is 9.88 Å². The van der Waals surface area contributed by atoms with E-state index in [-0.39, 0.29) is 0 Å². The summed E-state index contributed by atoms with van der Waals surface area (Å²) >= 11 is 1.68. The lowest BCUT2D eigenvalue weighted by atomic mass is 10.1. The highest BCUT2D eigenvalue weighted by molar-refractivity contribution is 7.07. The Kier molecular flexibility index (Phi) is 4.03. The van der Waals surface area contributed by atoms with Crippen LogP contribution in [0.3, 0.4) is 0 Å². The maximum absolute atomic E-state index is 4.38. The minimum absolute atomic E-state index is 0.990. The van der Waals surface area contributed by atoms with Crippen molar-refractivity contribution in [3.05, 3.63) is 45.9 Å². The van der Waals surface area contributed by atoms with E-state index in [9.17, 15) is 0 Å². The van der Waals surface area contributed by atoms with Crippen molar-refractivity contribution < 1.29 is 0 Å². The van der Waals surface area contributed by atoms with Gasteiger partial charge >= 0.3 is 0 Å². The minimum atomic E-state index is 0.990. The van der Waals surface area contributed by atoms with Crippen LogP contribution >= 0.6 is 11.3 Å². The van der Waals surface area contributed by atoms with Gasteiger partial charge in [0.1, 0.15) is 0 Å². The summed E-state index contributed by atoms with van der Waals surface area (Å²) in [7, 11) is 0. The molecule has 3 rings (SSSR count). The second-order valence-electron chi connectivity index (χ2n) is 5.46. The molecule has 0 unspecified atom stereocenters. The van der Waals surface area contributed by atoms with Crippen LogP contribution in [-0.4, -0.2) is 36.1 Å². The number of benzene rings is 1. The molecule has 2 heterocycles. The van der Waals surface area contributed by atoms with Crippen molar-refractivity contribution in [1.29, 1.82) is 0 Å². The van der Waals surface area contributed by atoms with Gasteiger partial charge in [-0.2, -0.15) is 0 Å². The van der Waals surface area contributed by atoms with Gasteiger partial charge in [-0.15, -0.1) is 11.3 Å². The third-order valence-electron chi connectivity index (χ3n) is 4.16. The first-order chi connectivity index (χ1) is 9.74. The Morgan fingerprint density at radius 3 is 2.65 bits per heavy atom. The van der Waals surface area contributed by atoms with Gasteiger partial charge in [0.2, 0.25) is 0 Å². The summed E-state index contributed by atoms with van der Waals surface area (Å²) in [4.78, 5) is 9.39. The normalized spacial score (nSPS) is 16.6. The maximum Gasteiger partial charge on any atom is 0.0795 e. The van der Waals surface area contributed by atoms with E-state index < -0.39 is 0 Å². The van der Waals surface area contributed by atoms with Crippen LogP contribution in [0.1, 0.15) is 16.8 Å². The first kappa shape index (κ1) is 13.6. The Morgan fingerprint density at radius 1 is 1.15 bits per heavy atom. The molecule has 0 saturated carbocycles. The standard InChI is InChI=1S/C16H21N3S/c1-13-4-3-5-16(14(13)2)19-8-6-18(7-9-19)10-15-11-20-12-17-15/h3-5,11-12H,6-10H2,1-2H3. The minimum Gasteiger partial charge on any atom is -0.369 e. The van der Waals surface area contributed by atoms with E-state index in [0.717, 1.165) is 32.7 Å². The lowest BCUT2D eigenvalue weighted by molar-refractivity contribution is 0.247. The smallest absolute Gasteiger partial charge is 0.0795 e. The molecule has 1 aliphatic heterocycles. The number of nitrogens with zero attached hydrogens (tertiary/aromatic N) is 3. The van der Waals surface area contributed by atoms with Gasteiger partial charge in [0, 0.05) is 43.8 Å². The van der Waals surface area contributed by atoms with Gasteiger partial charge in [0.15, 0.2) is 0 Å². The Labute approximate surface area is 124 Å². The third-order valence-corrected chi connectivity index (χ3v) is 4.79. The maximum atomic E-state index is 4.38. The van der Waals surface area contributed by atoms with Gasteiger partial charge in [0.05, 0.1) is 11.2 Å². The monoisotopic (exact) mass is 287 g/mol. The number of hydrogen-bond acceptors (Lipinski definition) is 4. The fraction of sp³-hybridized carbons (Fsp3) is 0.438. The molecule has 0 aliphatic carbocycles. The van der Waals surface area contributed by atoms with Crippen LogP contribution in [0.5, 0.6) is 0 Å². The number of aryl methyl sites for hydroxylation is 1. The summed E-state index contributed by atoms with van der Waals surface area (Å²) in [6.07, 6.45) is 0. The summed E-state index contributed by atoms with van der Waals surface area (Å²) < 4.78 is 0. The molecule has 106 valence electrons. The van der Waals surface area contributed by atoms with Gasteiger partial charge in [-0.1, -0.05) is 12.1 Å². The molecule has 0 N–H and O–H groups in total. The van der Waals surface area contributed by atoms with E-state index in [0.29, 0.717) is 0 Å². The summed E-state index contributed by atoms with van der Waals surface area (Å²) in [5, 5.41) is 2.15. The number of piperazine rings is 1. The zero-order valence-corrected chi connectivity index (χ0v) is 13.0. The largest absolute Gasteiger partial charge is 0.369 e. The Morgan fingerprint density at radius 2 is 1.95 bits per heavy atom. The highest BCUT2D eigenvalue weighted by Crippen LogP contribution is 2.24. The number of anilines is 1. The Hall–Kier alpha value is -1.39. The quantitative estimate of drug-likeness (QED) is 0.865. The van der Waals surface area contributed by atoms with E-state index >= 15 is 0 Å². The van der Waals surface area contributed by atoms with Gasteiger partial charge in [-0.25, -0.2) is 4.98 Å². The van der Waals surface area contributed by atoms with Gasteiger partial charge < -0.3 is 4.90 Å². The Balaban J connectivity index is 1.62. The molecular weight excluding hydrogens is 266 g/mol. The summed E-state index contributed by atoms with van der Waals surface area (Å²) in [5.74, 6) is 0. The first-order valence-corrected chi connectivity index (χ1v) is 8.09. The molecule has 0 spiro atoms. The van der Waals surface area contributed by atoms with Crippen molar-refractivity contribution >= 4 is 17.0 Å². The lowest BCUT2D eigenvalue weighted by Gasteiger charge is -2.36. The molecule has 2 aromatic rings. The van der Waals surface area contributed by atoms with Crippen molar-refractivity contribution in [2.24, 2.45) is 0 Å². The van der Waals surface area contributed by atoms with Crippen LogP contribution in [0.4, 0.5) is 5.69 Å². The Bertz CT molecular complexity index is 557. The molecule has 0 atom stereocenters. The average Bonchev–Trinajstić information content (AvgIpc) is 2.96. The molecule has 0 amide bonds. The molecule has 1 fully saturated rings. The average molecular weight is 287 g/mol. The predicted molar refractivity (Wildman–Crippen MR) is 85.5 cm³/mol. The third kappa shape index (κ3) is 2.86. The molecule has 1 aliphatic rings. The van der Waals surface area contributed by atoms with Gasteiger partial charge in [-0.3, -0.25) is 4.90 Å². The molecule has 1 saturated heterocycles. The van der Waals surface area contributed by atoms with E-state index in [1.165, 1.54) is 22.5 Å². The molecule has 20 heavy (non-hydrogen) atoms. The van der Waals surface area contributed by atoms with Crippen molar-refractivity contribution in [3.8, 4) is 0 Å². The van der Waals surface area contributed by atoms with Gasteiger partial charge in [-0.05, 0) is 31.0 Å². The van der Waals surface area contributed by atoms with E-state index in [1.807, 2.05) is 5.51 Å². The molecule has 1 aromatic heterocycles. The van der Waals surface area contributed by atoms with E-state index in [4.69, 9.17) is 0 Å². The van der Waals surface area contributed by atoms with Crippen LogP contribution in [0, 0.1) is 13.8 Å². The zero-order chi connectivity index (χ0) is 13.9. The van der Waals surface area contributed by atoms with E-state index in [1.54, 1.807) is 11.3 Å². The van der Waals surface area contributed by atoms with Crippen LogP contribution in [0.25, 0.3) is 0 Å². The van der Waals surface area contributed by atoms with Crippen molar-refractivity contribution in [3.63, 3.8) is 0 Å². The van der Waals surface area contributed by atoms with Crippen LogP contribution in [0.2, 0.25) is 0 Å². The van der Waals surface area contributed by atoms with Crippen LogP contribution in [-0.2, 0) is 6.54 Å². The second-order valence-corrected chi connectivity index (χ2v) is 6.18. The first-order valence-electron chi connectivity index (χ1n) is 7.14. The summed E-state index contributed by atoms with van der Waals surface area (Å²) in [6.45, 7) is 9.85. The molecule has 4 heteroatoms. The zero-order valence-electron chi connectivity index (χ0n) is 12.2. The molecule has 3 nitrogen and oxygen atoms in total. The highest BCUT2D eigenvalue weighted by atomic mass is 32.1. The SMILES string of the molecule is Cc1cccc(N2CCN(Cc3cscn3)CC2)c1C. The summed E-state index contributed by atoms with van der Waals surface area (Å²) in [5.41, 5.74) is 7.32. The highest BCUT2D eigenvalue weighted by Gasteiger charge is 2.19. The number of thiazole rings is 1. The van der Waals surface area contributed by atoms with Gasteiger partial charge in [0.25, 0.3) is 0 Å². The number of hydrogen-bond donors (Lipinski definition) is 0. The number of aromatic nitrogens is 1. The van der Waals surface area contributed by atoms with Crippen LogP contribution in [0.15, 0.2) is 29.1 Å². The molecule has 0 bridgehead atoms. The molecule has 1 aromatic carbocycles.